The predicted molar refractivity (Wildman–Crippen MR) is 74.4 cm³/mol. The molecule has 2 heterocycles. The van der Waals surface area contributed by atoms with E-state index in [0.717, 1.165) is 11.2 Å². The molecule has 3 aromatic rings. The van der Waals surface area contributed by atoms with Gasteiger partial charge in [-0.1, -0.05) is 29.8 Å². The van der Waals surface area contributed by atoms with Crippen LogP contribution >= 0.6 is 11.6 Å². The van der Waals surface area contributed by atoms with Crippen molar-refractivity contribution in [2.24, 2.45) is 0 Å². The van der Waals surface area contributed by atoms with Gasteiger partial charge in [0.2, 0.25) is 5.43 Å². The van der Waals surface area contributed by atoms with E-state index in [-0.39, 0.29) is 5.43 Å². The molecule has 2 aromatic heterocycles. The molecule has 0 aliphatic rings. The predicted octanol–water partition coefficient (Wildman–Crippen LogP) is 2.49. The topological polar surface area (TPSA) is 47.8 Å². The second-order valence-corrected chi connectivity index (χ2v) is 4.52. The molecule has 0 aliphatic heterocycles. The lowest BCUT2D eigenvalue weighted by Gasteiger charge is -2.08. The summed E-state index contributed by atoms with van der Waals surface area (Å²) in [5, 5.41) is 5.25. The molecule has 3 rings (SSSR count). The molecule has 0 unspecified atom stereocenters. The van der Waals surface area contributed by atoms with Gasteiger partial charge < -0.3 is 0 Å². The minimum Gasteiger partial charge on any atom is -0.287 e. The highest BCUT2D eigenvalue weighted by molar-refractivity contribution is 6.29. The van der Waals surface area contributed by atoms with Crippen LogP contribution in [0.4, 0.5) is 0 Å². The molecule has 0 radical (unpaired) electrons. The van der Waals surface area contributed by atoms with Gasteiger partial charge in [0, 0.05) is 5.39 Å². The van der Waals surface area contributed by atoms with Crippen LogP contribution in [0.25, 0.3) is 10.9 Å². The van der Waals surface area contributed by atoms with Crippen molar-refractivity contribution in [1.82, 2.24) is 14.8 Å². The summed E-state index contributed by atoms with van der Waals surface area (Å²) in [6.07, 6.45) is 1.33. The van der Waals surface area contributed by atoms with Crippen molar-refractivity contribution in [3.8, 4) is 0 Å². The molecule has 0 amide bonds. The Morgan fingerprint density at radius 3 is 2.79 bits per heavy atom. The SMILES string of the molecule is O=c1cnn(Cc2cccc(Cl)n2)c2ccccc12. The second kappa shape index (κ2) is 4.82. The van der Waals surface area contributed by atoms with Crippen molar-refractivity contribution < 1.29 is 0 Å². The van der Waals surface area contributed by atoms with Gasteiger partial charge >= 0.3 is 0 Å². The Balaban J connectivity index is 2.11. The van der Waals surface area contributed by atoms with E-state index < -0.39 is 0 Å². The zero-order valence-corrected chi connectivity index (χ0v) is 10.7. The van der Waals surface area contributed by atoms with Gasteiger partial charge in [-0.15, -0.1) is 0 Å². The molecular weight excluding hydrogens is 262 g/mol. The highest BCUT2D eigenvalue weighted by Gasteiger charge is 2.04. The minimum atomic E-state index is -0.0779. The van der Waals surface area contributed by atoms with Gasteiger partial charge in [0.05, 0.1) is 24.0 Å². The summed E-state index contributed by atoms with van der Waals surface area (Å²) < 4.78 is 1.75. The average Bonchev–Trinajstić information content (AvgIpc) is 2.42. The molecule has 5 heteroatoms. The molecular formula is C14H10ClN3O. The first-order valence-corrected chi connectivity index (χ1v) is 6.18. The Morgan fingerprint density at radius 1 is 1.11 bits per heavy atom. The summed E-state index contributed by atoms with van der Waals surface area (Å²) in [5.74, 6) is 0. The van der Waals surface area contributed by atoms with Crippen LogP contribution in [0.15, 0.2) is 53.5 Å². The van der Waals surface area contributed by atoms with Crippen LogP contribution in [-0.2, 0) is 6.54 Å². The van der Waals surface area contributed by atoms with Crippen LogP contribution in [0.3, 0.4) is 0 Å². The van der Waals surface area contributed by atoms with Crippen molar-refractivity contribution in [2.45, 2.75) is 6.54 Å². The number of aromatic nitrogens is 3. The molecule has 1 aromatic carbocycles. The van der Waals surface area contributed by atoms with Crippen molar-refractivity contribution in [3.05, 3.63) is 69.7 Å². The number of hydrogen-bond donors (Lipinski definition) is 0. The third kappa shape index (κ3) is 2.35. The van der Waals surface area contributed by atoms with E-state index >= 15 is 0 Å². The number of para-hydroxylation sites is 1. The monoisotopic (exact) mass is 271 g/mol. The first-order chi connectivity index (χ1) is 9.24. The van der Waals surface area contributed by atoms with Gasteiger partial charge in [-0.05, 0) is 24.3 Å². The Morgan fingerprint density at radius 2 is 1.95 bits per heavy atom. The fourth-order valence-electron chi connectivity index (χ4n) is 1.98. The smallest absolute Gasteiger partial charge is 0.207 e. The molecule has 0 aliphatic carbocycles. The van der Waals surface area contributed by atoms with Crippen molar-refractivity contribution in [1.29, 1.82) is 0 Å². The Labute approximate surface area is 114 Å². The highest BCUT2D eigenvalue weighted by Crippen LogP contribution is 2.11. The van der Waals surface area contributed by atoms with Crippen molar-refractivity contribution in [3.63, 3.8) is 0 Å². The zero-order valence-electron chi connectivity index (χ0n) is 9.95. The van der Waals surface area contributed by atoms with Gasteiger partial charge in [0.1, 0.15) is 5.15 Å². The normalized spacial score (nSPS) is 10.8. The summed E-state index contributed by atoms with van der Waals surface area (Å²) in [5.41, 5.74) is 1.51. The van der Waals surface area contributed by atoms with Gasteiger partial charge in [-0.25, -0.2) is 4.98 Å². The van der Waals surface area contributed by atoms with E-state index in [1.165, 1.54) is 6.20 Å². The molecule has 4 nitrogen and oxygen atoms in total. The maximum atomic E-state index is 11.7. The lowest BCUT2D eigenvalue weighted by molar-refractivity contribution is 0.681. The molecule has 0 saturated carbocycles. The molecule has 0 fully saturated rings. The lowest BCUT2D eigenvalue weighted by atomic mass is 10.2. The van der Waals surface area contributed by atoms with Crippen LogP contribution in [-0.4, -0.2) is 14.8 Å². The first-order valence-electron chi connectivity index (χ1n) is 5.80. The molecule has 94 valence electrons. The van der Waals surface area contributed by atoms with Crippen LogP contribution in [0.2, 0.25) is 5.15 Å². The Kier molecular flexibility index (Phi) is 3.01. The number of benzene rings is 1. The third-order valence-electron chi connectivity index (χ3n) is 2.85. The molecule has 0 bridgehead atoms. The van der Waals surface area contributed by atoms with E-state index in [1.54, 1.807) is 16.8 Å². The van der Waals surface area contributed by atoms with E-state index in [1.807, 2.05) is 30.3 Å². The molecule has 19 heavy (non-hydrogen) atoms. The largest absolute Gasteiger partial charge is 0.287 e. The van der Waals surface area contributed by atoms with E-state index in [9.17, 15) is 4.79 Å². The number of fused-ring (bicyclic) bond motifs is 1. The first kappa shape index (κ1) is 11.9. The van der Waals surface area contributed by atoms with Crippen molar-refractivity contribution in [2.75, 3.05) is 0 Å². The van der Waals surface area contributed by atoms with Gasteiger partial charge in [0.15, 0.2) is 0 Å². The zero-order chi connectivity index (χ0) is 13.2. The summed E-state index contributed by atoms with van der Waals surface area (Å²) in [6.45, 7) is 0.474. The molecule has 0 atom stereocenters. The minimum absolute atomic E-state index is 0.0779. The highest BCUT2D eigenvalue weighted by atomic mass is 35.5. The van der Waals surface area contributed by atoms with Gasteiger partial charge in [-0.3, -0.25) is 9.48 Å². The van der Waals surface area contributed by atoms with E-state index in [2.05, 4.69) is 10.1 Å². The fraction of sp³-hybridized carbons (Fsp3) is 0.0714. The Bertz CT molecular complexity index is 798. The lowest BCUT2D eigenvalue weighted by Crippen LogP contribution is -2.13. The summed E-state index contributed by atoms with van der Waals surface area (Å²) in [4.78, 5) is 15.9. The van der Waals surface area contributed by atoms with E-state index in [0.29, 0.717) is 17.1 Å². The summed E-state index contributed by atoms with van der Waals surface area (Å²) >= 11 is 5.86. The maximum Gasteiger partial charge on any atom is 0.207 e. The fourth-order valence-corrected chi connectivity index (χ4v) is 2.16. The van der Waals surface area contributed by atoms with Gasteiger partial charge in [-0.2, -0.15) is 5.10 Å². The Hall–Kier alpha value is -2.20. The second-order valence-electron chi connectivity index (χ2n) is 4.14. The number of nitrogens with zero attached hydrogens (tertiary/aromatic N) is 3. The summed E-state index contributed by atoms with van der Waals surface area (Å²) in [6, 6.07) is 12.8. The molecule has 0 saturated heterocycles. The van der Waals surface area contributed by atoms with Crippen molar-refractivity contribution >= 4 is 22.5 Å². The van der Waals surface area contributed by atoms with E-state index in [4.69, 9.17) is 11.6 Å². The quantitative estimate of drug-likeness (QED) is 0.673. The maximum absolute atomic E-state index is 11.7. The van der Waals surface area contributed by atoms with Crippen LogP contribution in [0.5, 0.6) is 0 Å². The van der Waals surface area contributed by atoms with Crippen LogP contribution < -0.4 is 5.43 Å². The number of hydrogen-bond acceptors (Lipinski definition) is 3. The average molecular weight is 272 g/mol. The summed E-state index contributed by atoms with van der Waals surface area (Å²) in [7, 11) is 0. The van der Waals surface area contributed by atoms with Crippen LogP contribution in [0, 0.1) is 0 Å². The molecule has 0 N–H and O–H groups in total. The third-order valence-corrected chi connectivity index (χ3v) is 3.06. The number of halogens is 1. The van der Waals surface area contributed by atoms with Crippen LogP contribution in [0.1, 0.15) is 5.69 Å². The number of rotatable bonds is 2. The number of pyridine rings is 1. The molecule has 0 spiro atoms. The standard InChI is InChI=1S/C14H10ClN3O/c15-14-7-3-4-10(17-14)9-18-12-6-2-1-5-11(12)13(19)8-16-18/h1-8H,9H2. The van der Waals surface area contributed by atoms with Gasteiger partial charge in [0.25, 0.3) is 0 Å².